The average Bonchev–Trinajstić information content (AvgIpc) is 3.22. The number of benzene rings is 1. The molecule has 7 heteroatoms. The lowest BCUT2D eigenvalue weighted by atomic mass is 10.0. The summed E-state index contributed by atoms with van der Waals surface area (Å²) in [6, 6.07) is 5.32. The molecule has 0 radical (unpaired) electrons. The zero-order valence-corrected chi connectivity index (χ0v) is 17.6. The first-order valence-corrected chi connectivity index (χ1v) is 11.0. The van der Waals surface area contributed by atoms with Crippen LogP contribution in [0, 0.1) is 5.82 Å². The number of likely N-dealkylation sites (tertiary alicyclic amines) is 2. The fourth-order valence-corrected chi connectivity index (χ4v) is 4.96. The molecule has 0 saturated carbocycles. The predicted octanol–water partition coefficient (Wildman–Crippen LogP) is 3.53. The van der Waals surface area contributed by atoms with E-state index in [-0.39, 0.29) is 24.1 Å². The molecule has 3 aliphatic rings. The molecule has 160 valence electrons. The van der Waals surface area contributed by atoms with Crippen molar-refractivity contribution < 1.29 is 13.9 Å². The Hall–Kier alpha value is -1.86. The molecule has 0 bridgehead atoms. The van der Waals surface area contributed by atoms with Crippen molar-refractivity contribution in [3.05, 3.63) is 24.0 Å². The Bertz CT molecular complexity index is 715. The smallest absolute Gasteiger partial charge is 0.321 e. The van der Waals surface area contributed by atoms with E-state index in [0.29, 0.717) is 30.5 Å². The van der Waals surface area contributed by atoms with Crippen molar-refractivity contribution >= 4 is 17.4 Å². The number of rotatable bonds is 3. The molecule has 2 amide bonds. The summed E-state index contributed by atoms with van der Waals surface area (Å²) in [5, 5.41) is 2.90. The average molecular weight is 405 g/mol. The molecule has 4 rings (SSSR count). The summed E-state index contributed by atoms with van der Waals surface area (Å²) in [4.78, 5) is 19.2. The minimum Gasteiger partial charge on any atom is -0.372 e. The largest absolute Gasteiger partial charge is 0.372 e. The van der Waals surface area contributed by atoms with E-state index >= 15 is 0 Å². The van der Waals surface area contributed by atoms with Crippen LogP contribution in [0.1, 0.15) is 39.5 Å². The second-order valence-corrected chi connectivity index (χ2v) is 8.74. The van der Waals surface area contributed by atoms with Gasteiger partial charge in [-0.2, -0.15) is 0 Å². The highest BCUT2D eigenvalue weighted by molar-refractivity contribution is 5.89. The lowest BCUT2D eigenvalue weighted by Gasteiger charge is -2.37. The minimum atomic E-state index is -0.308. The maximum absolute atomic E-state index is 14.8. The van der Waals surface area contributed by atoms with Crippen molar-refractivity contribution in [3.8, 4) is 0 Å². The van der Waals surface area contributed by atoms with E-state index in [4.69, 9.17) is 4.74 Å². The molecule has 3 atom stereocenters. The molecule has 0 aromatic heterocycles. The zero-order valence-electron chi connectivity index (χ0n) is 17.6. The van der Waals surface area contributed by atoms with Crippen LogP contribution >= 0.6 is 0 Å². The van der Waals surface area contributed by atoms with Crippen molar-refractivity contribution in [2.45, 2.75) is 57.8 Å². The van der Waals surface area contributed by atoms with Gasteiger partial charge >= 0.3 is 6.03 Å². The summed E-state index contributed by atoms with van der Waals surface area (Å²) in [5.41, 5.74) is 1.07. The molecule has 3 aliphatic heterocycles. The van der Waals surface area contributed by atoms with Crippen LogP contribution in [0.2, 0.25) is 0 Å². The van der Waals surface area contributed by atoms with Gasteiger partial charge in [-0.3, -0.25) is 4.90 Å². The lowest BCUT2D eigenvalue weighted by Crippen LogP contribution is -2.50. The van der Waals surface area contributed by atoms with E-state index in [9.17, 15) is 9.18 Å². The van der Waals surface area contributed by atoms with Crippen LogP contribution in [-0.2, 0) is 4.74 Å². The number of ether oxygens (including phenoxy) is 1. The van der Waals surface area contributed by atoms with Crippen LogP contribution in [0.5, 0.6) is 0 Å². The van der Waals surface area contributed by atoms with Gasteiger partial charge in [0.2, 0.25) is 0 Å². The summed E-state index contributed by atoms with van der Waals surface area (Å²) in [6.45, 7) is 9.15. The molecule has 3 heterocycles. The molecule has 3 saturated heterocycles. The SMILES string of the molecule is C[C@@H]1CN(c2ccc(NC(=O)N3CCC[C@H](N4CCCC4)C3)cc2F)C[C@@H](C)O1. The van der Waals surface area contributed by atoms with Crippen LogP contribution in [0.3, 0.4) is 0 Å². The Morgan fingerprint density at radius 3 is 2.48 bits per heavy atom. The van der Waals surface area contributed by atoms with E-state index < -0.39 is 0 Å². The van der Waals surface area contributed by atoms with Gasteiger partial charge in [0, 0.05) is 37.9 Å². The summed E-state index contributed by atoms with van der Waals surface area (Å²) in [5.74, 6) is -0.308. The van der Waals surface area contributed by atoms with Crippen molar-refractivity contribution in [1.82, 2.24) is 9.80 Å². The maximum atomic E-state index is 14.8. The van der Waals surface area contributed by atoms with Crippen molar-refractivity contribution in [3.63, 3.8) is 0 Å². The van der Waals surface area contributed by atoms with Gasteiger partial charge in [0.25, 0.3) is 0 Å². The lowest BCUT2D eigenvalue weighted by molar-refractivity contribution is -0.00539. The van der Waals surface area contributed by atoms with Gasteiger partial charge < -0.3 is 19.9 Å². The van der Waals surface area contributed by atoms with Crippen LogP contribution in [0.4, 0.5) is 20.6 Å². The van der Waals surface area contributed by atoms with E-state index in [1.807, 2.05) is 23.6 Å². The molecule has 1 aromatic carbocycles. The van der Waals surface area contributed by atoms with Crippen molar-refractivity contribution in [2.24, 2.45) is 0 Å². The molecular formula is C22H33FN4O2. The number of carbonyl (C=O) groups excluding carboxylic acids is 1. The highest BCUT2D eigenvalue weighted by atomic mass is 19.1. The first-order valence-electron chi connectivity index (χ1n) is 11.0. The molecule has 29 heavy (non-hydrogen) atoms. The summed E-state index contributed by atoms with van der Waals surface area (Å²) < 4.78 is 20.5. The van der Waals surface area contributed by atoms with E-state index in [2.05, 4.69) is 10.2 Å². The quantitative estimate of drug-likeness (QED) is 0.837. The number of morpholine rings is 1. The highest BCUT2D eigenvalue weighted by Crippen LogP contribution is 2.27. The molecule has 3 fully saturated rings. The van der Waals surface area contributed by atoms with Gasteiger partial charge in [-0.25, -0.2) is 9.18 Å². The van der Waals surface area contributed by atoms with Gasteiger partial charge in [0.1, 0.15) is 5.82 Å². The number of hydrogen-bond acceptors (Lipinski definition) is 4. The molecule has 0 aliphatic carbocycles. The number of amides is 2. The first-order chi connectivity index (χ1) is 14.0. The van der Waals surface area contributed by atoms with Gasteiger partial charge in [-0.05, 0) is 70.8 Å². The predicted molar refractivity (Wildman–Crippen MR) is 113 cm³/mol. The minimum absolute atomic E-state index is 0.0696. The fraction of sp³-hybridized carbons (Fsp3) is 0.682. The first kappa shape index (κ1) is 20.4. The Labute approximate surface area is 173 Å². The van der Waals surface area contributed by atoms with Crippen LogP contribution in [-0.4, -0.2) is 73.3 Å². The molecular weight excluding hydrogens is 371 g/mol. The molecule has 1 N–H and O–H groups in total. The van der Waals surface area contributed by atoms with E-state index in [0.717, 1.165) is 39.0 Å². The number of urea groups is 1. The van der Waals surface area contributed by atoms with E-state index in [1.54, 1.807) is 12.1 Å². The van der Waals surface area contributed by atoms with Gasteiger partial charge in [0.05, 0.1) is 17.9 Å². The highest BCUT2D eigenvalue weighted by Gasteiger charge is 2.29. The van der Waals surface area contributed by atoms with Gasteiger partial charge in [0.15, 0.2) is 0 Å². The summed E-state index contributed by atoms with van der Waals surface area (Å²) in [6.07, 6.45) is 4.84. The van der Waals surface area contributed by atoms with Crippen LogP contribution in [0.25, 0.3) is 0 Å². The number of nitrogens with zero attached hydrogens (tertiary/aromatic N) is 3. The third-order valence-electron chi connectivity index (χ3n) is 6.30. The van der Waals surface area contributed by atoms with E-state index in [1.165, 1.54) is 18.9 Å². The zero-order chi connectivity index (χ0) is 20.4. The standard InChI is InChI=1S/C22H33FN4O2/c1-16-13-27(14-17(2)29-16)21-8-7-18(12-20(21)23)24-22(28)26-11-5-6-19(15-26)25-9-3-4-10-25/h7-8,12,16-17,19H,3-6,9-11,13-15H2,1-2H3,(H,24,28)/t16-,17-,19+/m1/s1. The Morgan fingerprint density at radius 2 is 1.79 bits per heavy atom. The summed E-state index contributed by atoms with van der Waals surface area (Å²) in [7, 11) is 0. The topological polar surface area (TPSA) is 48.1 Å². The molecule has 6 nitrogen and oxygen atoms in total. The van der Waals surface area contributed by atoms with Crippen LogP contribution in [0.15, 0.2) is 18.2 Å². The third kappa shape index (κ3) is 4.83. The molecule has 0 spiro atoms. The second kappa shape index (κ2) is 8.88. The number of halogens is 1. The molecule has 0 unspecified atom stereocenters. The van der Waals surface area contributed by atoms with Gasteiger partial charge in [-0.1, -0.05) is 0 Å². The number of hydrogen-bond donors (Lipinski definition) is 1. The number of anilines is 2. The normalized spacial score (nSPS) is 28.6. The van der Waals surface area contributed by atoms with Gasteiger partial charge in [-0.15, -0.1) is 0 Å². The number of carbonyl (C=O) groups is 1. The molecule has 1 aromatic rings. The Kier molecular flexibility index (Phi) is 6.25. The number of nitrogens with one attached hydrogen (secondary N) is 1. The monoisotopic (exact) mass is 404 g/mol. The Morgan fingerprint density at radius 1 is 1.07 bits per heavy atom. The number of piperidine rings is 1. The summed E-state index contributed by atoms with van der Waals surface area (Å²) >= 11 is 0. The second-order valence-electron chi connectivity index (χ2n) is 8.74. The maximum Gasteiger partial charge on any atom is 0.321 e. The van der Waals surface area contributed by atoms with Crippen LogP contribution < -0.4 is 10.2 Å². The van der Waals surface area contributed by atoms with Crippen molar-refractivity contribution in [2.75, 3.05) is 49.5 Å². The third-order valence-corrected chi connectivity index (χ3v) is 6.30. The fourth-order valence-electron chi connectivity index (χ4n) is 4.96. The Balaban J connectivity index is 1.37. The van der Waals surface area contributed by atoms with Crippen molar-refractivity contribution in [1.29, 1.82) is 0 Å².